The molecule has 0 saturated carbocycles. The van der Waals surface area contributed by atoms with Crippen LogP contribution in [0, 0.1) is 5.82 Å². The molecule has 1 aromatic rings. The molecule has 18 heavy (non-hydrogen) atoms. The Hall–Kier alpha value is -1.14. The lowest BCUT2D eigenvalue weighted by molar-refractivity contribution is 0.595. The van der Waals surface area contributed by atoms with E-state index in [1.807, 2.05) is 4.90 Å². The summed E-state index contributed by atoms with van der Waals surface area (Å²) >= 11 is 0. The first-order chi connectivity index (χ1) is 8.48. The summed E-state index contributed by atoms with van der Waals surface area (Å²) < 4.78 is 36.7. The van der Waals surface area contributed by atoms with Crippen molar-refractivity contribution < 1.29 is 12.8 Å². The number of hydrogen-bond acceptors (Lipinski definition) is 4. The Labute approximate surface area is 107 Å². The highest BCUT2D eigenvalue weighted by Gasteiger charge is 2.19. The molecule has 1 aliphatic heterocycles. The number of nitrogens with one attached hydrogen (secondary N) is 1. The lowest BCUT2D eigenvalue weighted by Crippen LogP contribution is -2.29. The van der Waals surface area contributed by atoms with Gasteiger partial charge in [-0.05, 0) is 31.2 Å². The predicted octanol–water partition coefficient (Wildman–Crippen LogP) is 1.03. The van der Waals surface area contributed by atoms with E-state index in [0.717, 1.165) is 44.9 Å². The van der Waals surface area contributed by atoms with Crippen LogP contribution < -0.4 is 10.2 Å². The van der Waals surface area contributed by atoms with Crippen LogP contribution in [0.4, 0.5) is 10.1 Å². The van der Waals surface area contributed by atoms with E-state index in [-0.39, 0.29) is 4.90 Å². The molecule has 4 nitrogen and oxygen atoms in total. The molecule has 0 aromatic heterocycles. The van der Waals surface area contributed by atoms with Gasteiger partial charge in [-0.2, -0.15) is 0 Å². The summed E-state index contributed by atoms with van der Waals surface area (Å²) in [7, 11) is -3.42. The molecule has 1 fully saturated rings. The minimum Gasteiger partial charge on any atom is -0.369 e. The van der Waals surface area contributed by atoms with Crippen molar-refractivity contribution in [2.75, 3.05) is 37.3 Å². The Bertz CT molecular complexity index is 523. The van der Waals surface area contributed by atoms with Gasteiger partial charge in [-0.15, -0.1) is 0 Å². The zero-order valence-electron chi connectivity index (χ0n) is 10.3. The summed E-state index contributed by atoms with van der Waals surface area (Å²) in [4.78, 5) is 2.07. The Morgan fingerprint density at radius 3 is 2.78 bits per heavy atom. The number of nitrogens with zero attached hydrogens (tertiary/aromatic N) is 1. The molecule has 1 heterocycles. The minimum absolute atomic E-state index is 0.0735. The summed E-state index contributed by atoms with van der Waals surface area (Å²) in [5.41, 5.74) is 0.600. The average Bonchev–Trinajstić information content (AvgIpc) is 2.56. The molecule has 0 spiro atoms. The van der Waals surface area contributed by atoms with Crippen LogP contribution in [0.5, 0.6) is 0 Å². The standard InChI is InChI=1S/C12H17FN2O2S/c1-18(16,17)12-9-10(13)3-4-11(12)15-7-2-5-14-6-8-15/h3-4,9,14H,2,5-8H2,1H3. The highest BCUT2D eigenvalue weighted by molar-refractivity contribution is 7.90. The first-order valence-corrected chi connectivity index (χ1v) is 7.83. The van der Waals surface area contributed by atoms with Gasteiger partial charge in [0.15, 0.2) is 9.84 Å². The van der Waals surface area contributed by atoms with E-state index in [1.54, 1.807) is 6.07 Å². The van der Waals surface area contributed by atoms with Crippen molar-refractivity contribution in [3.63, 3.8) is 0 Å². The molecule has 100 valence electrons. The second-order valence-electron chi connectivity index (χ2n) is 4.47. The molecule has 0 atom stereocenters. The topological polar surface area (TPSA) is 49.4 Å². The summed E-state index contributed by atoms with van der Waals surface area (Å²) in [6.07, 6.45) is 2.06. The van der Waals surface area contributed by atoms with Crippen LogP contribution in [-0.2, 0) is 9.84 Å². The van der Waals surface area contributed by atoms with Crippen molar-refractivity contribution in [1.82, 2.24) is 5.32 Å². The van der Waals surface area contributed by atoms with Gasteiger partial charge in [0.2, 0.25) is 0 Å². The van der Waals surface area contributed by atoms with Crippen molar-refractivity contribution in [2.45, 2.75) is 11.3 Å². The molecule has 1 saturated heterocycles. The van der Waals surface area contributed by atoms with E-state index in [2.05, 4.69) is 5.32 Å². The Morgan fingerprint density at radius 1 is 1.28 bits per heavy atom. The molecule has 1 aromatic carbocycles. The van der Waals surface area contributed by atoms with E-state index < -0.39 is 15.7 Å². The first kappa shape index (κ1) is 13.3. The van der Waals surface area contributed by atoms with Crippen LogP contribution in [0.15, 0.2) is 23.1 Å². The number of halogens is 1. The molecular weight excluding hydrogens is 255 g/mol. The molecule has 0 bridgehead atoms. The van der Waals surface area contributed by atoms with E-state index in [0.29, 0.717) is 5.69 Å². The maximum absolute atomic E-state index is 13.2. The molecule has 0 unspecified atom stereocenters. The van der Waals surface area contributed by atoms with Crippen molar-refractivity contribution >= 4 is 15.5 Å². The van der Waals surface area contributed by atoms with Crippen LogP contribution in [0.1, 0.15) is 6.42 Å². The fourth-order valence-corrected chi connectivity index (χ4v) is 3.04. The fourth-order valence-electron chi connectivity index (χ4n) is 2.13. The maximum Gasteiger partial charge on any atom is 0.177 e. The van der Waals surface area contributed by atoms with E-state index >= 15 is 0 Å². The SMILES string of the molecule is CS(=O)(=O)c1cc(F)ccc1N1CCCNCC1. The van der Waals surface area contributed by atoms with E-state index in [4.69, 9.17) is 0 Å². The van der Waals surface area contributed by atoms with Gasteiger partial charge in [0.1, 0.15) is 5.82 Å². The third-order valence-corrected chi connectivity index (χ3v) is 4.13. The second kappa shape index (κ2) is 5.24. The summed E-state index contributed by atoms with van der Waals surface area (Å²) in [5.74, 6) is -0.521. The Kier molecular flexibility index (Phi) is 3.87. The number of benzene rings is 1. The number of rotatable bonds is 2. The predicted molar refractivity (Wildman–Crippen MR) is 69.2 cm³/mol. The van der Waals surface area contributed by atoms with Crippen molar-refractivity contribution in [3.8, 4) is 0 Å². The number of anilines is 1. The molecule has 1 aliphatic rings. The molecule has 2 rings (SSSR count). The third kappa shape index (κ3) is 3.00. The van der Waals surface area contributed by atoms with Gasteiger partial charge in [0, 0.05) is 25.9 Å². The van der Waals surface area contributed by atoms with Crippen LogP contribution in [0.3, 0.4) is 0 Å². The monoisotopic (exact) mass is 272 g/mol. The highest BCUT2D eigenvalue weighted by atomic mass is 32.2. The summed E-state index contributed by atoms with van der Waals surface area (Å²) in [6.45, 7) is 3.24. The fraction of sp³-hybridized carbons (Fsp3) is 0.500. The molecule has 0 aliphatic carbocycles. The Morgan fingerprint density at radius 2 is 2.06 bits per heavy atom. The van der Waals surface area contributed by atoms with Crippen LogP contribution in [-0.4, -0.2) is 40.9 Å². The lowest BCUT2D eigenvalue weighted by atomic mass is 10.2. The summed E-state index contributed by atoms with van der Waals surface area (Å²) in [5, 5.41) is 3.25. The van der Waals surface area contributed by atoms with Crippen molar-refractivity contribution in [3.05, 3.63) is 24.0 Å². The maximum atomic E-state index is 13.2. The van der Waals surface area contributed by atoms with Gasteiger partial charge in [-0.1, -0.05) is 0 Å². The molecule has 0 amide bonds. The average molecular weight is 272 g/mol. The third-order valence-electron chi connectivity index (χ3n) is 3.00. The van der Waals surface area contributed by atoms with Gasteiger partial charge < -0.3 is 10.2 Å². The summed E-state index contributed by atoms with van der Waals surface area (Å²) in [6, 6.07) is 3.96. The minimum atomic E-state index is -3.42. The molecule has 6 heteroatoms. The lowest BCUT2D eigenvalue weighted by Gasteiger charge is -2.24. The van der Waals surface area contributed by atoms with Gasteiger partial charge in [-0.25, -0.2) is 12.8 Å². The number of sulfone groups is 1. The second-order valence-corrected chi connectivity index (χ2v) is 6.46. The molecule has 1 N–H and O–H groups in total. The first-order valence-electron chi connectivity index (χ1n) is 5.94. The van der Waals surface area contributed by atoms with E-state index in [1.165, 1.54) is 6.07 Å². The van der Waals surface area contributed by atoms with Crippen LogP contribution >= 0.6 is 0 Å². The highest BCUT2D eigenvalue weighted by Crippen LogP contribution is 2.26. The zero-order chi connectivity index (χ0) is 13.2. The molecular formula is C12H17FN2O2S. The van der Waals surface area contributed by atoms with Crippen molar-refractivity contribution in [1.29, 1.82) is 0 Å². The van der Waals surface area contributed by atoms with Gasteiger partial charge >= 0.3 is 0 Å². The van der Waals surface area contributed by atoms with Gasteiger partial charge in [0.25, 0.3) is 0 Å². The van der Waals surface area contributed by atoms with E-state index in [9.17, 15) is 12.8 Å². The molecule has 0 radical (unpaired) electrons. The normalized spacial score (nSPS) is 17.6. The van der Waals surface area contributed by atoms with Gasteiger partial charge in [0.05, 0.1) is 10.6 Å². The largest absolute Gasteiger partial charge is 0.369 e. The van der Waals surface area contributed by atoms with Crippen molar-refractivity contribution in [2.24, 2.45) is 0 Å². The smallest absolute Gasteiger partial charge is 0.177 e. The number of hydrogen-bond donors (Lipinski definition) is 1. The van der Waals surface area contributed by atoms with Crippen LogP contribution in [0.25, 0.3) is 0 Å². The Balaban J connectivity index is 2.43. The van der Waals surface area contributed by atoms with Gasteiger partial charge in [-0.3, -0.25) is 0 Å². The quantitative estimate of drug-likeness (QED) is 0.873. The van der Waals surface area contributed by atoms with Crippen LogP contribution in [0.2, 0.25) is 0 Å². The zero-order valence-corrected chi connectivity index (χ0v) is 11.1.